The zero-order valence-electron chi connectivity index (χ0n) is 45.9. The zero-order chi connectivity index (χ0) is 56.5. The largest absolute Gasteiger partial charge is 0.486 e. The number of piperazine rings is 1. The van der Waals surface area contributed by atoms with Crippen LogP contribution >= 0.6 is 11.3 Å². The van der Waals surface area contributed by atoms with Gasteiger partial charge in [0.15, 0.2) is 5.75 Å². The van der Waals surface area contributed by atoms with Crippen molar-refractivity contribution >= 4 is 50.8 Å². The molecular formula is C60H64F2N12O7S. The molecule has 426 valence electrons. The van der Waals surface area contributed by atoms with Gasteiger partial charge in [-0.3, -0.25) is 14.7 Å². The Balaban J connectivity index is 0.797. The number of ether oxygens (including phenoxy) is 3. The first-order chi connectivity index (χ1) is 39.8. The maximum absolute atomic E-state index is 16.8. The predicted molar refractivity (Wildman–Crippen MR) is 303 cm³/mol. The van der Waals surface area contributed by atoms with Crippen molar-refractivity contribution in [2.45, 2.75) is 121 Å². The van der Waals surface area contributed by atoms with Gasteiger partial charge in [0.05, 0.1) is 66.0 Å². The Morgan fingerprint density at radius 1 is 0.963 bits per heavy atom. The molecule has 22 heteroatoms. The third kappa shape index (κ3) is 10.1. The van der Waals surface area contributed by atoms with Crippen molar-refractivity contribution < 1.29 is 42.8 Å². The van der Waals surface area contributed by atoms with Gasteiger partial charge < -0.3 is 44.9 Å². The van der Waals surface area contributed by atoms with Crippen LogP contribution in [-0.2, 0) is 20.9 Å². The lowest BCUT2D eigenvalue weighted by Gasteiger charge is -2.31. The number of carbonyl (C=O) groups is 2. The molecule has 0 unspecified atom stereocenters. The van der Waals surface area contributed by atoms with E-state index in [0.717, 1.165) is 70.6 Å². The molecule has 2 bridgehead atoms. The van der Waals surface area contributed by atoms with Crippen molar-refractivity contribution in [3.63, 3.8) is 0 Å². The first-order valence-corrected chi connectivity index (χ1v) is 29.2. The van der Waals surface area contributed by atoms with Gasteiger partial charge in [-0.1, -0.05) is 49.4 Å². The van der Waals surface area contributed by atoms with Gasteiger partial charge in [-0.2, -0.15) is 15.1 Å². The molecule has 5 aliphatic rings. The second-order valence-corrected chi connectivity index (χ2v) is 23.7. The number of aliphatic hydroxyl groups is 2. The molecule has 4 aromatic carbocycles. The molecule has 8 aromatic rings. The summed E-state index contributed by atoms with van der Waals surface area (Å²) in [5.41, 5.74) is 8.90. The van der Waals surface area contributed by atoms with E-state index in [1.54, 1.807) is 30.8 Å². The molecule has 4 saturated heterocycles. The van der Waals surface area contributed by atoms with E-state index in [4.69, 9.17) is 24.2 Å². The molecule has 5 fully saturated rings. The topological polar surface area (TPSA) is 231 Å². The summed E-state index contributed by atoms with van der Waals surface area (Å²) in [4.78, 5) is 48.0. The number of amides is 2. The van der Waals surface area contributed by atoms with Crippen LogP contribution in [0.3, 0.4) is 0 Å². The summed E-state index contributed by atoms with van der Waals surface area (Å²) in [5, 5.41) is 45.4. The number of aliphatic hydroxyl groups excluding tert-OH is 2. The summed E-state index contributed by atoms with van der Waals surface area (Å²) in [7, 11) is 0. The Bertz CT molecular complexity index is 3730. The normalized spacial score (nSPS) is 20.8. The Hall–Kier alpha value is -7.50. The molecule has 82 heavy (non-hydrogen) atoms. The number of carbonyl (C=O) groups excluding carboxylic acids is 2. The van der Waals surface area contributed by atoms with E-state index in [1.807, 2.05) is 45.0 Å². The lowest BCUT2D eigenvalue weighted by molar-refractivity contribution is -0.142. The van der Waals surface area contributed by atoms with Crippen molar-refractivity contribution in [3.8, 4) is 44.6 Å². The Morgan fingerprint density at radius 3 is 2.49 bits per heavy atom. The van der Waals surface area contributed by atoms with E-state index in [1.165, 1.54) is 39.2 Å². The van der Waals surface area contributed by atoms with E-state index in [0.29, 0.717) is 76.7 Å². The van der Waals surface area contributed by atoms with E-state index in [9.17, 15) is 19.8 Å². The number of hydrogen-bond donors (Lipinski definition) is 5. The Labute approximate surface area is 475 Å². The van der Waals surface area contributed by atoms with Gasteiger partial charge >= 0.3 is 6.01 Å². The number of nitrogens with zero attached hydrogens (tertiary/aromatic N) is 9. The molecule has 1 saturated carbocycles. The van der Waals surface area contributed by atoms with E-state index >= 15 is 8.78 Å². The second kappa shape index (κ2) is 22.0. The summed E-state index contributed by atoms with van der Waals surface area (Å²) >= 11 is 1.53. The fraction of sp³-hybridized carbons (Fsp3) is 0.433. The summed E-state index contributed by atoms with van der Waals surface area (Å²) in [6.07, 6.45) is 6.29. The predicted octanol–water partition coefficient (Wildman–Crippen LogP) is 8.02. The van der Waals surface area contributed by atoms with Gasteiger partial charge in [0.2, 0.25) is 11.8 Å². The number of aromatic nitrogens is 8. The number of rotatable bonds is 17. The van der Waals surface area contributed by atoms with Crippen molar-refractivity contribution in [1.29, 1.82) is 0 Å². The lowest BCUT2D eigenvalue weighted by Crippen LogP contribution is -2.50. The average molecular weight is 1140 g/mol. The van der Waals surface area contributed by atoms with E-state index in [2.05, 4.69) is 47.1 Å². The number of aryl methyl sites for hydroxylation is 1. The molecular weight excluding hydrogens is 1070 g/mol. The molecule has 5 N–H and O–H groups in total. The van der Waals surface area contributed by atoms with Crippen molar-refractivity contribution in [1.82, 2.24) is 55.7 Å². The molecule has 2 amide bonds. The molecule has 6 atom stereocenters. The second-order valence-electron chi connectivity index (χ2n) is 22.8. The van der Waals surface area contributed by atoms with Crippen LogP contribution in [0, 0.1) is 31.4 Å². The highest BCUT2D eigenvalue weighted by Crippen LogP contribution is 2.54. The number of nitrogens with one attached hydrogen (secondary N) is 3. The van der Waals surface area contributed by atoms with Crippen LogP contribution in [0.2, 0.25) is 0 Å². The zero-order valence-corrected chi connectivity index (χ0v) is 46.8. The van der Waals surface area contributed by atoms with Gasteiger partial charge in [0, 0.05) is 78.4 Å². The first-order valence-electron chi connectivity index (χ1n) is 28.3. The van der Waals surface area contributed by atoms with Crippen LogP contribution in [0.1, 0.15) is 98.3 Å². The summed E-state index contributed by atoms with van der Waals surface area (Å²) in [5.74, 6) is -1.05. The molecule has 19 nitrogen and oxygen atoms in total. The van der Waals surface area contributed by atoms with E-state index in [-0.39, 0.29) is 60.8 Å². The molecule has 8 heterocycles. The quantitative estimate of drug-likeness (QED) is 0.0581. The number of β-amino-alcohol motifs (C(OH)–C–C–N with tert-alkyl or cyclic N) is 1. The van der Waals surface area contributed by atoms with Gasteiger partial charge in [-0.25, -0.2) is 18.4 Å². The van der Waals surface area contributed by atoms with Gasteiger partial charge in [-0.15, -0.1) is 16.4 Å². The van der Waals surface area contributed by atoms with Crippen LogP contribution < -0.4 is 25.0 Å². The maximum Gasteiger partial charge on any atom is 0.319 e. The number of halogens is 2. The van der Waals surface area contributed by atoms with E-state index < -0.39 is 54.3 Å². The molecule has 0 radical (unpaired) electrons. The highest BCUT2D eigenvalue weighted by molar-refractivity contribution is 7.13. The number of aromatic amines is 1. The van der Waals surface area contributed by atoms with Crippen LogP contribution in [0.15, 0.2) is 72.5 Å². The third-order valence-corrected chi connectivity index (χ3v) is 17.9. The van der Waals surface area contributed by atoms with Crippen LogP contribution in [0.25, 0.3) is 54.6 Å². The number of likely N-dealkylation sites (tertiary alicyclic amines) is 1. The summed E-state index contributed by atoms with van der Waals surface area (Å²) in [6.45, 7) is 9.49. The maximum atomic E-state index is 16.8. The number of benzene rings is 4. The van der Waals surface area contributed by atoms with Gasteiger partial charge in [-0.05, 0) is 97.0 Å². The Kier molecular flexibility index (Phi) is 14.4. The molecule has 1 aliphatic carbocycles. The first kappa shape index (κ1) is 53.8. The molecule has 0 spiro atoms. The monoisotopic (exact) mass is 1130 g/mol. The van der Waals surface area contributed by atoms with Crippen LogP contribution in [0.4, 0.5) is 14.6 Å². The van der Waals surface area contributed by atoms with Crippen LogP contribution in [0.5, 0.6) is 11.8 Å². The smallest absolute Gasteiger partial charge is 0.319 e. The fourth-order valence-corrected chi connectivity index (χ4v) is 13.3. The summed E-state index contributed by atoms with van der Waals surface area (Å²) in [6, 6.07) is 13.8. The SMILES string of the molecule is Cc1ncsc1-c1ccc([C@H](CO)NC(=O)[C@@H]2C[C@@H](O)CN2C(=O)[C@H](C(C)C)n2cc(-c3ccc(COc4c(-c5c(C)c(F)cc6[nH]ncc56)c(C5CC5)cc5c(N6C[C@@H]7C[C@H]6CN7)nc(OC6CCOCC6)nc45)cc3F)nn2)cc1. The average Bonchev–Trinajstić information content (AvgIpc) is 2.03. The fourth-order valence-electron chi connectivity index (χ4n) is 12.5. The standard InChI is InChI=1S/C60H64F2N12O7S/c1-30(2)54(59(78)73-25-39(76)19-50(73)58(77)66-49(27-75)35-8-10-36(11-9-35)56-32(4)64-29-82-56)74-26-48(70-71-74)41-12-5-33(17-46(41)62)28-80-55-52(51-31(3)45(61)21-47-44(51)23-65-69-47)42(34-6-7-34)20-43-53(55)67-60(81-40-13-15-79-16-14-40)68-57(43)72-24-37-18-38(72)22-63-37/h5,8-12,17,20-21,23,26,29-30,34,37-40,49-50,54,63,75-76H,6-7,13-16,18-19,22,24-25,27-28H2,1-4H3,(H,65,69)(H,66,77)/t37-,38-,39+,49-,50-,54-/m0/s1. The van der Waals surface area contributed by atoms with Crippen LogP contribution in [-0.4, -0.2) is 137 Å². The Morgan fingerprint density at radius 2 is 1.78 bits per heavy atom. The molecule has 4 aliphatic heterocycles. The van der Waals surface area contributed by atoms with Crippen molar-refractivity contribution in [3.05, 3.63) is 112 Å². The van der Waals surface area contributed by atoms with Crippen molar-refractivity contribution in [2.24, 2.45) is 5.92 Å². The summed E-state index contributed by atoms with van der Waals surface area (Å²) < 4.78 is 53.6. The highest BCUT2D eigenvalue weighted by Gasteiger charge is 2.44. The van der Waals surface area contributed by atoms with Gasteiger partial charge in [0.1, 0.15) is 53.5 Å². The highest BCUT2D eigenvalue weighted by atomic mass is 32.1. The molecule has 13 rings (SSSR count). The number of fused-ring (bicyclic) bond motifs is 4. The number of anilines is 1. The minimum atomic E-state index is -1.04. The van der Waals surface area contributed by atoms with Crippen molar-refractivity contribution in [2.75, 3.05) is 44.4 Å². The molecule has 4 aromatic heterocycles. The number of thiazole rings is 1. The lowest BCUT2D eigenvalue weighted by atomic mass is 9.88. The third-order valence-electron chi connectivity index (χ3n) is 17.0. The van der Waals surface area contributed by atoms with Gasteiger partial charge in [0.25, 0.3) is 0 Å². The number of hydrogen-bond acceptors (Lipinski definition) is 16. The minimum absolute atomic E-state index is 0.00559. The number of H-pyrrole nitrogens is 1. The minimum Gasteiger partial charge on any atom is -0.486 e.